The van der Waals surface area contributed by atoms with Crippen LogP contribution in [-0.2, 0) is 0 Å². The number of hydrogen-bond acceptors (Lipinski definition) is 5. The number of anilines is 1. The summed E-state index contributed by atoms with van der Waals surface area (Å²) in [5, 5.41) is 13.5. The van der Waals surface area contributed by atoms with Crippen molar-refractivity contribution in [1.82, 2.24) is 9.80 Å². The smallest absolute Gasteiger partial charge is 0.337 e. The van der Waals surface area contributed by atoms with E-state index in [0.717, 1.165) is 54.4 Å². The van der Waals surface area contributed by atoms with Crippen LogP contribution >= 0.6 is 11.6 Å². The highest BCUT2D eigenvalue weighted by Gasteiger charge is 2.32. The van der Waals surface area contributed by atoms with Crippen LogP contribution < -0.4 is 5.32 Å². The maximum absolute atomic E-state index is 11.7. The average molecular weight is 467 g/mol. The third kappa shape index (κ3) is 4.58. The largest absolute Gasteiger partial charge is 0.478 e. The van der Waals surface area contributed by atoms with Crippen molar-refractivity contribution < 1.29 is 9.90 Å². The zero-order valence-electron chi connectivity index (χ0n) is 19.7. The zero-order chi connectivity index (χ0) is 23.9. The summed E-state index contributed by atoms with van der Waals surface area (Å²) in [6.45, 7) is 12.8. The molecule has 2 aliphatic heterocycles. The molecular formula is C26H31ClN4O2. The number of halogens is 1. The summed E-state index contributed by atoms with van der Waals surface area (Å²) in [4.78, 5) is 21.1. The van der Waals surface area contributed by atoms with Gasteiger partial charge in [-0.1, -0.05) is 44.2 Å². The van der Waals surface area contributed by atoms with E-state index < -0.39 is 5.97 Å². The van der Waals surface area contributed by atoms with Gasteiger partial charge in [-0.15, -0.1) is 0 Å². The molecule has 1 atom stereocenters. The normalized spacial score (nSPS) is 18.5. The van der Waals surface area contributed by atoms with E-state index in [0.29, 0.717) is 16.1 Å². The Morgan fingerprint density at radius 2 is 1.91 bits per heavy atom. The third-order valence-corrected chi connectivity index (χ3v) is 6.95. The Balaban J connectivity index is 1.73. The van der Waals surface area contributed by atoms with E-state index in [1.165, 1.54) is 0 Å². The van der Waals surface area contributed by atoms with Crippen LogP contribution in [0.1, 0.15) is 61.1 Å². The maximum atomic E-state index is 11.7. The molecule has 2 aliphatic rings. The number of para-hydroxylation sites is 1. The average Bonchev–Trinajstić information content (AvgIpc) is 2.76. The molecule has 1 unspecified atom stereocenters. The van der Waals surface area contributed by atoms with Crippen LogP contribution in [0, 0.1) is 5.41 Å². The van der Waals surface area contributed by atoms with Crippen molar-refractivity contribution in [3.05, 3.63) is 64.7 Å². The minimum Gasteiger partial charge on any atom is -0.478 e. The Bertz CT molecular complexity index is 1130. The van der Waals surface area contributed by atoms with Crippen molar-refractivity contribution in [2.45, 2.75) is 39.7 Å². The van der Waals surface area contributed by atoms with E-state index in [2.05, 4.69) is 30.6 Å². The van der Waals surface area contributed by atoms with Crippen molar-refractivity contribution in [3.63, 3.8) is 0 Å². The fourth-order valence-electron chi connectivity index (χ4n) is 4.47. The van der Waals surface area contributed by atoms with Gasteiger partial charge in [-0.3, -0.25) is 0 Å². The number of likely N-dealkylation sites (tertiary alicyclic amines) is 1. The fourth-order valence-corrected chi connectivity index (χ4v) is 4.70. The standard InChI is InChI=1S/C26H31ClN4O2/c1-16(28-22-9-7-6-8-19(22)24(32)33)20-14-18(27)15-21-17(2)30(5)25(29-23(20)21)31-12-10-26(3,4)11-13-31/h6-9,14-16,28H,2,10-13H2,1,3-5H3,(H,32,33). The van der Waals surface area contributed by atoms with Crippen LogP contribution in [0.25, 0.3) is 5.70 Å². The lowest BCUT2D eigenvalue weighted by atomic mass is 9.83. The lowest BCUT2D eigenvalue weighted by molar-refractivity contribution is 0.0698. The van der Waals surface area contributed by atoms with Crippen LogP contribution in [-0.4, -0.2) is 47.0 Å². The number of carboxylic acids is 1. The van der Waals surface area contributed by atoms with Crippen molar-refractivity contribution in [2.24, 2.45) is 10.4 Å². The van der Waals surface area contributed by atoms with Crippen molar-refractivity contribution in [2.75, 3.05) is 25.5 Å². The van der Waals surface area contributed by atoms with E-state index in [1.54, 1.807) is 18.2 Å². The van der Waals surface area contributed by atoms with Crippen molar-refractivity contribution >= 4 is 40.6 Å². The first-order valence-corrected chi connectivity index (χ1v) is 11.6. The van der Waals surface area contributed by atoms with E-state index >= 15 is 0 Å². The minimum absolute atomic E-state index is 0.223. The monoisotopic (exact) mass is 466 g/mol. The molecule has 2 heterocycles. The molecule has 2 N–H and O–H groups in total. The highest BCUT2D eigenvalue weighted by Crippen LogP contribution is 2.42. The molecule has 0 aromatic heterocycles. The topological polar surface area (TPSA) is 68.2 Å². The number of hydrogen-bond donors (Lipinski definition) is 2. The van der Waals surface area contributed by atoms with Crippen LogP contribution in [0.5, 0.6) is 0 Å². The predicted molar refractivity (Wildman–Crippen MR) is 135 cm³/mol. The fraction of sp³-hybridized carbons (Fsp3) is 0.385. The molecule has 0 spiro atoms. The first-order chi connectivity index (χ1) is 15.6. The maximum Gasteiger partial charge on any atom is 0.337 e. The molecule has 174 valence electrons. The second-order valence-electron chi connectivity index (χ2n) is 9.68. The van der Waals surface area contributed by atoms with Crippen molar-refractivity contribution in [1.29, 1.82) is 0 Å². The summed E-state index contributed by atoms with van der Waals surface area (Å²) in [5.74, 6) is -0.0773. The van der Waals surface area contributed by atoms with E-state index in [9.17, 15) is 9.90 Å². The number of fused-ring (bicyclic) bond motifs is 1. The molecule has 0 saturated carbocycles. The van der Waals surface area contributed by atoms with Gasteiger partial charge in [0, 0.05) is 47.7 Å². The molecule has 2 aromatic rings. The minimum atomic E-state index is -0.971. The molecule has 0 amide bonds. The van der Waals surface area contributed by atoms with Gasteiger partial charge in [0.05, 0.1) is 17.3 Å². The molecule has 7 heteroatoms. The summed E-state index contributed by atoms with van der Waals surface area (Å²) < 4.78 is 0. The van der Waals surface area contributed by atoms with Gasteiger partial charge in [-0.05, 0) is 49.4 Å². The number of rotatable bonds is 4. The summed E-state index contributed by atoms with van der Waals surface area (Å²) in [6.07, 6.45) is 2.22. The lowest BCUT2D eigenvalue weighted by Gasteiger charge is -2.42. The Morgan fingerprint density at radius 1 is 1.24 bits per heavy atom. The molecular weight excluding hydrogens is 436 g/mol. The first kappa shape index (κ1) is 23.2. The number of nitrogens with zero attached hydrogens (tertiary/aromatic N) is 3. The molecule has 2 aromatic carbocycles. The second kappa shape index (κ2) is 8.75. The van der Waals surface area contributed by atoms with Crippen LogP contribution in [0.3, 0.4) is 0 Å². The SMILES string of the molecule is C=C1c2cc(Cl)cc(C(C)Nc3ccccc3C(=O)O)c2N=C(N2CCC(C)(C)CC2)N1C. The van der Waals surface area contributed by atoms with Gasteiger partial charge in [0.2, 0.25) is 5.96 Å². The predicted octanol–water partition coefficient (Wildman–Crippen LogP) is 6.24. The molecule has 1 fully saturated rings. The van der Waals surface area contributed by atoms with Crippen molar-refractivity contribution in [3.8, 4) is 0 Å². The summed E-state index contributed by atoms with van der Waals surface area (Å²) >= 11 is 6.50. The van der Waals surface area contributed by atoms with Gasteiger partial charge in [0.1, 0.15) is 0 Å². The molecule has 0 radical (unpaired) electrons. The zero-order valence-corrected chi connectivity index (χ0v) is 20.4. The number of aromatic carboxylic acids is 1. The Hall–Kier alpha value is -2.99. The summed E-state index contributed by atoms with van der Waals surface area (Å²) in [7, 11) is 2.00. The van der Waals surface area contributed by atoms with E-state index in [1.807, 2.05) is 37.1 Å². The number of guanidine groups is 1. The van der Waals surface area contributed by atoms with Gasteiger partial charge in [0.15, 0.2) is 0 Å². The first-order valence-electron chi connectivity index (χ1n) is 11.3. The lowest BCUT2D eigenvalue weighted by Crippen LogP contribution is -2.47. The van der Waals surface area contributed by atoms with Gasteiger partial charge in [-0.25, -0.2) is 9.79 Å². The highest BCUT2D eigenvalue weighted by atomic mass is 35.5. The molecule has 6 nitrogen and oxygen atoms in total. The molecule has 0 aliphatic carbocycles. The number of carboxylic acid groups (broad SMARTS) is 1. The Morgan fingerprint density at radius 3 is 2.58 bits per heavy atom. The molecule has 4 rings (SSSR count). The molecule has 33 heavy (non-hydrogen) atoms. The highest BCUT2D eigenvalue weighted by molar-refractivity contribution is 6.31. The van der Waals surface area contributed by atoms with E-state index in [4.69, 9.17) is 16.6 Å². The number of carbonyl (C=O) groups is 1. The van der Waals surface area contributed by atoms with Crippen LogP contribution in [0.4, 0.5) is 11.4 Å². The Labute approximate surface area is 200 Å². The number of nitrogens with one attached hydrogen (secondary N) is 1. The molecule has 0 bridgehead atoms. The number of piperidine rings is 1. The summed E-state index contributed by atoms with van der Waals surface area (Å²) in [6, 6.07) is 10.5. The quantitative estimate of drug-likeness (QED) is 0.558. The number of aliphatic imine (C=N–C) groups is 1. The van der Waals surface area contributed by atoms with Gasteiger partial charge < -0.3 is 20.2 Å². The third-order valence-electron chi connectivity index (χ3n) is 6.73. The van der Waals surface area contributed by atoms with Gasteiger partial charge >= 0.3 is 5.97 Å². The van der Waals surface area contributed by atoms with Crippen LogP contribution in [0.15, 0.2) is 48.0 Å². The number of benzene rings is 2. The Kier molecular flexibility index (Phi) is 6.14. The second-order valence-corrected chi connectivity index (χ2v) is 10.1. The molecule has 1 saturated heterocycles. The summed E-state index contributed by atoms with van der Waals surface area (Å²) in [5.41, 5.74) is 4.60. The van der Waals surface area contributed by atoms with E-state index in [-0.39, 0.29) is 11.6 Å². The van der Waals surface area contributed by atoms with Gasteiger partial charge in [-0.2, -0.15) is 0 Å². The van der Waals surface area contributed by atoms with Crippen LogP contribution in [0.2, 0.25) is 5.02 Å². The van der Waals surface area contributed by atoms with Gasteiger partial charge in [0.25, 0.3) is 0 Å².